The molecule has 0 spiro atoms. The number of carboxylic acids is 2. The summed E-state index contributed by atoms with van der Waals surface area (Å²) in [4.78, 5) is 18.2. The summed E-state index contributed by atoms with van der Waals surface area (Å²) in [7, 11) is 1.58. The second kappa shape index (κ2) is 7.31. The summed E-state index contributed by atoms with van der Waals surface area (Å²) in [5.74, 6) is 2.22. The van der Waals surface area contributed by atoms with E-state index in [0.717, 1.165) is 5.69 Å². The van der Waals surface area contributed by atoms with Crippen molar-refractivity contribution in [3.8, 4) is 5.75 Å². The van der Waals surface area contributed by atoms with Crippen LogP contribution < -0.4 is 16.0 Å². The number of hydrogen-bond donors (Lipinski definition) is 4. The maximum absolute atomic E-state index is 9.10. The van der Waals surface area contributed by atoms with Gasteiger partial charge < -0.3 is 20.4 Å². The molecule has 0 aliphatic heterocycles. The van der Waals surface area contributed by atoms with Gasteiger partial charge in [0.2, 0.25) is 0 Å². The lowest BCUT2D eigenvalue weighted by Gasteiger charge is -2.03. The summed E-state index contributed by atoms with van der Waals surface area (Å²) < 4.78 is 4.96. The van der Waals surface area contributed by atoms with Crippen molar-refractivity contribution in [3.05, 3.63) is 23.2 Å². The van der Waals surface area contributed by atoms with E-state index in [2.05, 4.69) is 5.43 Å². The minimum absolute atomic E-state index is 0.595. The first-order valence-corrected chi connectivity index (χ1v) is 4.56. The lowest BCUT2D eigenvalue weighted by Crippen LogP contribution is -2.09. The number of nitrogens with two attached hydrogens (primary N) is 1. The third kappa shape index (κ3) is 6.23. The average Bonchev–Trinajstić information content (AvgIpc) is 2.28. The third-order valence-electron chi connectivity index (χ3n) is 1.46. The van der Waals surface area contributed by atoms with Gasteiger partial charge in [0.05, 0.1) is 12.8 Å². The normalized spacial score (nSPS) is 8.65. The molecule has 94 valence electrons. The molecule has 5 N–H and O–H groups in total. The Morgan fingerprint density at radius 3 is 2.18 bits per heavy atom. The molecule has 0 saturated heterocycles. The van der Waals surface area contributed by atoms with E-state index >= 15 is 0 Å². The van der Waals surface area contributed by atoms with Gasteiger partial charge in [-0.25, -0.2) is 9.59 Å². The highest BCUT2D eigenvalue weighted by atomic mass is 35.5. The number of anilines is 1. The Balaban J connectivity index is 0.000000366. The van der Waals surface area contributed by atoms with Gasteiger partial charge in [-0.15, -0.1) is 0 Å². The molecule has 1 aromatic carbocycles. The number of ether oxygens (including phenoxy) is 1. The lowest BCUT2D eigenvalue weighted by atomic mass is 10.3. The number of hydrogen-bond acceptors (Lipinski definition) is 5. The monoisotopic (exact) mass is 262 g/mol. The van der Waals surface area contributed by atoms with Gasteiger partial charge >= 0.3 is 11.9 Å². The molecule has 0 aromatic heterocycles. The number of methoxy groups -OCH3 is 1. The molecule has 0 aliphatic rings. The van der Waals surface area contributed by atoms with Crippen LogP contribution >= 0.6 is 11.6 Å². The molecule has 0 heterocycles. The number of hydrazine groups is 1. The number of rotatable bonds is 2. The molecule has 0 atom stereocenters. The molecule has 0 fully saturated rings. The van der Waals surface area contributed by atoms with Crippen LogP contribution in [0, 0.1) is 0 Å². The average molecular weight is 263 g/mol. The smallest absolute Gasteiger partial charge is 0.414 e. The van der Waals surface area contributed by atoms with Crippen LogP contribution in [0.2, 0.25) is 5.02 Å². The van der Waals surface area contributed by atoms with Gasteiger partial charge in [0.15, 0.2) is 0 Å². The van der Waals surface area contributed by atoms with Crippen LogP contribution in [0.3, 0.4) is 0 Å². The van der Waals surface area contributed by atoms with Crippen molar-refractivity contribution in [2.75, 3.05) is 12.5 Å². The van der Waals surface area contributed by atoms with E-state index in [0.29, 0.717) is 10.8 Å². The molecule has 1 rings (SSSR count). The predicted octanol–water partition coefficient (Wildman–Crippen LogP) is 0.790. The highest BCUT2D eigenvalue weighted by Crippen LogP contribution is 2.22. The van der Waals surface area contributed by atoms with Crippen LogP contribution in [-0.2, 0) is 9.59 Å². The van der Waals surface area contributed by atoms with E-state index in [-0.39, 0.29) is 0 Å². The molecule has 0 bridgehead atoms. The van der Waals surface area contributed by atoms with Crippen LogP contribution in [-0.4, -0.2) is 29.3 Å². The minimum atomic E-state index is -1.82. The van der Waals surface area contributed by atoms with E-state index in [9.17, 15) is 0 Å². The Kier molecular flexibility index (Phi) is 6.46. The third-order valence-corrected chi connectivity index (χ3v) is 1.67. The van der Waals surface area contributed by atoms with E-state index in [1.807, 2.05) is 0 Å². The first-order chi connectivity index (χ1) is 7.90. The van der Waals surface area contributed by atoms with E-state index in [4.69, 9.17) is 42.0 Å². The fraction of sp³-hybridized carbons (Fsp3) is 0.111. The van der Waals surface area contributed by atoms with Gasteiger partial charge in [0.25, 0.3) is 0 Å². The molecule has 7 nitrogen and oxygen atoms in total. The predicted molar refractivity (Wildman–Crippen MR) is 61.1 cm³/mol. The molecule has 0 radical (unpaired) electrons. The molecule has 0 aliphatic carbocycles. The summed E-state index contributed by atoms with van der Waals surface area (Å²) in [5, 5.41) is 15.4. The lowest BCUT2D eigenvalue weighted by molar-refractivity contribution is -0.159. The molecule has 0 unspecified atom stereocenters. The number of nitrogen functional groups attached to an aromatic ring is 1. The number of aliphatic carboxylic acids is 2. The molecule has 1 aromatic rings. The van der Waals surface area contributed by atoms with Crippen LogP contribution in [0.15, 0.2) is 18.2 Å². The number of nitrogens with one attached hydrogen (secondary N) is 1. The second-order valence-electron chi connectivity index (χ2n) is 2.63. The SMILES string of the molecule is COc1cc(Cl)cc(NN)c1.O=C(O)C(=O)O. The summed E-state index contributed by atoms with van der Waals surface area (Å²) >= 11 is 5.73. The summed E-state index contributed by atoms with van der Waals surface area (Å²) in [6.45, 7) is 0. The number of benzene rings is 1. The Bertz CT molecular complexity index is 376. The van der Waals surface area contributed by atoms with Gasteiger partial charge in [-0.3, -0.25) is 5.84 Å². The molecule has 17 heavy (non-hydrogen) atoms. The van der Waals surface area contributed by atoms with Crippen molar-refractivity contribution in [2.45, 2.75) is 0 Å². The highest BCUT2D eigenvalue weighted by Gasteiger charge is 2.04. The molecular weight excluding hydrogens is 252 g/mol. The van der Waals surface area contributed by atoms with Gasteiger partial charge in [-0.1, -0.05) is 11.6 Å². The number of halogens is 1. The zero-order valence-corrected chi connectivity index (χ0v) is 9.56. The zero-order valence-electron chi connectivity index (χ0n) is 8.81. The Labute approximate surface area is 102 Å². The van der Waals surface area contributed by atoms with Crippen molar-refractivity contribution < 1.29 is 24.5 Å². The van der Waals surface area contributed by atoms with E-state index in [1.54, 1.807) is 25.3 Å². The van der Waals surface area contributed by atoms with Gasteiger partial charge in [-0.2, -0.15) is 0 Å². The molecule has 0 saturated carbocycles. The Hall–Kier alpha value is -1.99. The van der Waals surface area contributed by atoms with Gasteiger partial charge in [0.1, 0.15) is 5.75 Å². The van der Waals surface area contributed by atoms with Crippen LogP contribution in [0.4, 0.5) is 5.69 Å². The topological polar surface area (TPSA) is 122 Å². The van der Waals surface area contributed by atoms with Crippen molar-refractivity contribution >= 4 is 29.2 Å². The minimum Gasteiger partial charge on any atom is -0.497 e. The van der Waals surface area contributed by atoms with Gasteiger partial charge in [0, 0.05) is 11.1 Å². The Morgan fingerprint density at radius 2 is 1.82 bits per heavy atom. The van der Waals surface area contributed by atoms with Crippen molar-refractivity contribution in [2.24, 2.45) is 5.84 Å². The van der Waals surface area contributed by atoms with Crippen molar-refractivity contribution in [1.82, 2.24) is 0 Å². The first kappa shape index (κ1) is 15.0. The van der Waals surface area contributed by atoms with Crippen molar-refractivity contribution in [1.29, 1.82) is 0 Å². The van der Waals surface area contributed by atoms with E-state index in [1.165, 1.54) is 0 Å². The maximum atomic E-state index is 9.10. The van der Waals surface area contributed by atoms with Crippen LogP contribution in [0.1, 0.15) is 0 Å². The standard InChI is InChI=1S/C7H9ClN2O.C2H2O4/c1-11-7-3-5(8)2-6(4-7)10-9;3-1(4)2(5)6/h2-4,10H,9H2,1H3;(H,3,4)(H,5,6). The molecule has 8 heteroatoms. The maximum Gasteiger partial charge on any atom is 0.414 e. The summed E-state index contributed by atoms with van der Waals surface area (Å²) in [6, 6.07) is 5.18. The largest absolute Gasteiger partial charge is 0.497 e. The second-order valence-corrected chi connectivity index (χ2v) is 3.07. The van der Waals surface area contributed by atoms with Crippen LogP contribution in [0.5, 0.6) is 5.75 Å². The van der Waals surface area contributed by atoms with Crippen LogP contribution in [0.25, 0.3) is 0 Å². The highest BCUT2D eigenvalue weighted by molar-refractivity contribution is 6.31. The quantitative estimate of drug-likeness (QED) is 0.353. The summed E-state index contributed by atoms with van der Waals surface area (Å²) in [5.41, 5.74) is 3.21. The zero-order chi connectivity index (χ0) is 13.4. The summed E-state index contributed by atoms with van der Waals surface area (Å²) in [6.07, 6.45) is 0. The van der Waals surface area contributed by atoms with Crippen molar-refractivity contribution in [3.63, 3.8) is 0 Å². The number of carbonyl (C=O) groups is 2. The molecule has 0 amide bonds. The first-order valence-electron chi connectivity index (χ1n) is 4.18. The van der Waals surface area contributed by atoms with Gasteiger partial charge in [-0.05, 0) is 12.1 Å². The van der Waals surface area contributed by atoms with E-state index < -0.39 is 11.9 Å². The number of carboxylic acid groups (broad SMARTS) is 2. The molecular formula is C9H11ClN2O5. The fourth-order valence-electron chi connectivity index (χ4n) is 0.764. The Morgan fingerprint density at radius 1 is 1.29 bits per heavy atom. The fourth-order valence-corrected chi connectivity index (χ4v) is 0.989.